The van der Waals surface area contributed by atoms with Gasteiger partial charge in [-0.3, -0.25) is 107 Å². The van der Waals surface area contributed by atoms with Gasteiger partial charge in [0.25, 0.3) is 0 Å². The molecule has 0 saturated carbocycles. The Bertz CT molecular complexity index is 4570. The molecule has 0 bridgehead atoms. The third-order valence-corrected chi connectivity index (χ3v) is 20.7. The summed E-state index contributed by atoms with van der Waals surface area (Å²) in [6.07, 6.45) is 0.323. The zero-order valence-electron chi connectivity index (χ0n) is 73.6. The number of carbonyl (C=O) groups excluding carboxylic acids is 16. The number of H-pyrrole nitrogens is 2. The molecule has 37 N–H and O–H groups in total. The lowest BCUT2D eigenvalue weighted by atomic mass is 10.0. The molecule has 0 radical (unpaired) electrons. The maximum Gasteiger partial charge on any atom is 0.326 e. The predicted molar refractivity (Wildman–Crippen MR) is 472 cm³/mol. The molecular formula is C78H120N30O25S. The van der Waals surface area contributed by atoms with Crippen molar-refractivity contribution in [2.45, 2.75) is 208 Å². The molecule has 14 atom stereocenters. The molecule has 2 aromatic heterocycles. The van der Waals surface area contributed by atoms with Crippen molar-refractivity contribution in [3.05, 3.63) is 72.3 Å². The summed E-state index contributed by atoms with van der Waals surface area (Å²) in [6.45, 7) is -0.0726. The molecule has 1 aliphatic heterocycles. The number of benzene rings is 1. The number of rotatable bonds is 62. The second-order valence-electron chi connectivity index (χ2n) is 31.0. The number of hydrogen-bond donors (Lipinski definition) is 32. The van der Waals surface area contributed by atoms with Gasteiger partial charge in [0.2, 0.25) is 94.5 Å². The summed E-state index contributed by atoms with van der Waals surface area (Å²) in [5, 5.41) is 113. The number of likely N-dealkylation sites (tertiary alicyclic amines) is 1. The Hall–Kier alpha value is -14.9. The van der Waals surface area contributed by atoms with Gasteiger partial charge in [0.15, 0.2) is 17.9 Å². The zero-order valence-corrected chi connectivity index (χ0v) is 74.4. The summed E-state index contributed by atoms with van der Waals surface area (Å²) in [4.78, 5) is 287. The molecule has 0 unspecified atom stereocenters. The van der Waals surface area contributed by atoms with Crippen molar-refractivity contribution < 1.29 is 121 Å². The molecule has 1 saturated heterocycles. The van der Waals surface area contributed by atoms with Crippen LogP contribution in [0.1, 0.15) is 121 Å². The van der Waals surface area contributed by atoms with Crippen LogP contribution >= 0.6 is 11.8 Å². The van der Waals surface area contributed by atoms with E-state index < -0.39 is 292 Å². The number of guanidine groups is 3. The van der Waals surface area contributed by atoms with E-state index in [1.165, 1.54) is 25.0 Å². The standard InChI is InChI=1S/C78H120N30O25S/c1-38(2)61(75(132)133)107-73(130)54-16-10-23-108(54)74(131)46(17-18-55(80)110)101-66(123)47(25-39-11-5-4-6-12-39)102-71(128)52(30-60(117)118)105-64(121)44(15-9-22-91-78(85)86)99-67(124)48(26-40-31-87-36-94-40)104-72(129)53(35-109)106-68(125)49(27-41-32-88-37-95-41)103-65(122)45(19-24-134-3)100-70(127)51(29-59(115)116)97-57(112)34-93-63(120)43(14-8-21-90-77(83)84)98-69(126)50(28-58(113)114)96-56(111)33-92-62(119)42(79)13-7-20-89-76(81)82/h4-6,11-12,31-32,36-38,42-54,61,109H,7-10,13-30,33-35,79H2,1-3H3,(H2,80,110)(H,87,94)(H,88,95)(H,92,119)(H,93,120)(H,96,111)(H,97,112)(H,98,126)(H,99,124)(H,100,127)(H,101,123)(H,102,128)(H,103,122)(H,104,129)(H,105,121)(H,106,125)(H,107,130)(H,113,114)(H,115,116)(H,117,118)(H,132,133)(H4,81,82,89)(H4,83,84,90)(H4,85,86,91)/t42-,43-,44-,45-,46-,47-,48-,49-,50-,51-,52-,53-,54-,61-/m0/s1. The van der Waals surface area contributed by atoms with Gasteiger partial charge in [0, 0.05) is 64.3 Å². The first-order valence-corrected chi connectivity index (χ1v) is 43.5. The quantitative estimate of drug-likeness (QED) is 0.0142. The normalized spacial score (nSPS) is 15.0. The van der Waals surface area contributed by atoms with Crippen LogP contribution in [0.4, 0.5) is 0 Å². The van der Waals surface area contributed by atoms with Crippen LogP contribution in [0.15, 0.2) is 55.4 Å². The Morgan fingerprint density at radius 3 is 1.25 bits per heavy atom. The van der Waals surface area contributed by atoms with E-state index in [2.05, 4.69) is 110 Å². The number of imidazole rings is 2. The molecule has 56 heteroatoms. The van der Waals surface area contributed by atoms with Crippen LogP contribution in [0.2, 0.25) is 0 Å². The highest BCUT2D eigenvalue weighted by Gasteiger charge is 2.43. The number of nitrogens with two attached hydrogens (primary N) is 5. The molecule has 3 aromatic rings. The number of hydrogen-bond acceptors (Lipinski definition) is 28. The highest BCUT2D eigenvalue weighted by molar-refractivity contribution is 7.98. The number of carboxylic acid groups (broad SMARTS) is 4. The minimum Gasteiger partial charge on any atom is -0.481 e. The zero-order chi connectivity index (χ0) is 99.8. The lowest BCUT2D eigenvalue weighted by Gasteiger charge is -2.31. The van der Waals surface area contributed by atoms with Crippen molar-refractivity contribution in [1.29, 1.82) is 16.2 Å². The van der Waals surface area contributed by atoms with E-state index in [1.807, 2.05) is 0 Å². The van der Waals surface area contributed by atoms with E-state index in [9.17, 15) is 121 Å². The molecule has 4 rings (SSSR count). The Kier molecular flexibility index (Phi) is 48.2. The first kappa shape index (κ1) is 111. The van der Waals surface area contributed by atoms with Crippen LogP contribution in [-0.4, -0.2) is 329 Å². The number of thioether (sulfide) groups is 1. The molecule has 738 valence electrons. The largest absolute Gasteiger partial charge is 0.481 e. The van der Waals surface area contributed by atoms with Crippen LogP contribution in [0.25, 0.3) is 0 Å². The van der Waals surface area contributed by atoms with Crippen molar-refractivity contribution >= 4 is 148 Å². The topological polar surface area (TPSA) is 909 Å². The Morgan fingerprint density at radius 2 is 0.843 bits per heavy atom. The number of nitrogens with one attached hydrogen (secondary N) is 22. The van der Waals surface area contributed by atoms with E-state index in [-0.39, 0.29) is 101 Å². The maximum atomic E-state index is 14.8. The molecule has 134 heavy (non-hydrogen) atoms. The predicted octanol–water partition coefficient (Wildman–Crippen LogP) is -11.5. The third kappa shape index (κ3) is 41.5. The highest BCUT2D eigenvalue weighted by Crippen LogP contribution is 2.22. The fourth-order valence-electron chi connectivity index (χ4n) is 13.2. The summed E-state index contributed by atoms with van der Waals surface area (Å²) in [6, 6.07) is -16.1. The summed E-state index contributed by atoms with van der Waals surface area (Å²) in [7, 11) is 0. The van der Waals surface area contributed by atoms with Crippen LogP contribution in [0.5, 0.6) is 0 Å². The Morgan fingerprint density at radius 1 is 0.463 bits per heavy atom. The molecule has 1 fully saturated rings. The number of aliphatic hydroxyl groups is 1. The van der Waals surface area contributed by atoms with Gasteiger partial charge in [0.1, 0.15) is 78.5 Å². The van der Waals surface area contributed by atoms with Crippen LogP contribution in [0, 0.1) is 22.1 Å². The van der Waals surface area contributed by atoms with E-state index in [0.29, 0.717) is 12.0 Å². The van der Waals surface area contributed by atoms with Crippen LogP contribution in [-0.2, 0) is 115 Å². The van der Waals surface area contributed by atoms with Crippen molar-refractivity contribution in [1.82, 2.24) is 115 Å². The number of aliphatic carboxylic acids is 4. The second kappa shape index (κ2) is 58.0. The van der Waals surface area contributed by atoms with Gasteiger partial charge in [-0.15, -0.1) is 0 Å². The molecule has 1 aliphatic rings. The van der Waals surface area contributed by atoms with E-state index in [1.54, 1.807) is 50.4 Å². The summed E-state index contributed by atoms with van der Waals surface area (Å²) < 4.78 is 0. The molecule has 1 aromatic carbocycles. The number of aromatic amines is 2. The SMILES string of the molecule is CSCC[C@H](NC(=O)[C@H](CC(=O)O)NC(=O)CNC(=O)[C@H](CCCNC(=N)N)NC(=O)[C@H](CC(=O)O)NC(=O)CNC(=O)[C@@H](N)CCCNC(=N)N)C(=O)N[C@@H](Cc1c[nH]cn1)C(=O)N[C@@H](CO)C(=O)N[C@@H](Cc1c[nH]cn1)C(=O)N[C@@H](CCCNC(=N)N)C(=O)N[C@@H](CC(=O)O)C(=O)N[C@@H](Cc1ccccc1)C(=O)N[C@@H](CCC(N)=O)C(=O)N1CCC[C@H]1C(=O)N[C@H](C(=O)O)C(C)C. The van der Waals surface area contributed by atoms with Crippen molar-refractivity contribution in [2.24, 2.45) is 34.6 Å². The van der Waals surface area contributed by atoms with E-state index >= 15 is 0 Å². The first-order valence-electron chi connectivity index (χ1n) is 42.1. The minimum absolute atomic E-state index is 0.0459. The van der Waals surface area contributed by atoms with Gasteiger partial charge in [-0.1, -0.05) is 44.2 Å². The van der Waals surface area contributed by atoms with Gasteiger partial charge >= 0.3 is 23.9 Å². The van der Waals surface area contributed by atoms with Gasteiger partial charge < -0.3 is 159 Å². The van der Waals surface area contributed by atoms with Crippen molar-refractivity contribution in [3.8, 4) is 0 Å². The average Bonchev–Trinajstić information content (AvgIpc) is 1.67. The van der Waals surface area contributed by atoms with Crippen LogP contribution in [0.3, 0.4) is 0 Å². The maximum absolute atomic E-state index is 14.8. The van der Waals surface area contributed by atoms with Gasteiger partial charge in [-0.25, -0.2) is 14.8 Å². The Balaban J connectivity index is 1.59. The van der Waals surface area contributed by atoms with Crippen molar-refractivity contribution in [2.75, 3.05) is 57.9 Å². The number of aliphatic hydroxyl groups excluding tert-OH is 1. The third-order valence-electron chi connectivity index (χ3n) is 20.0. The molecular weight excluding hydrogens is 1790 g/mol. The molecule has 16 amide bonds. The lowest BCUT2D eigenvalue weighted by Crippen LogP contribution is -2.62. The van der Waals surface area contributed by atoms with Gasteiger partial charge in [-0.05, 0) is 87.7 Å². The minimum atomic E-state index is -2.11. The number of aromatic nitrogens is 4. The number of primary amides is 1. The van der Waals surface area contributed by atoms with Gasteiger partial charge in [-0.2, -0.15) is 11.8 Å². The molecule has 3 heterocycles. The fourth-order valence-corrected chi connectivity index (χ4v) is 13.6. The molecule has 0 aliphatic carbocycles. The lowest BCUT2D eigenvalue weighted by molar-refractivity contribution is -0.146. The van der Waals surface area contributed by atoms with E-state index in [4.69, 9.17) is 44.9 Å². The van der Waals surface area contributed by atoms with Crippen LogP contribution < -0.4 is 119 Å². The monoisotopic (exact) mass is 1910 g/mol. The number of amides is 16. The highest BCUT2D eigenvalue weighted by atomic mass is 32.2. The second-order valence-corrected chi connectivity index (χ2v) is 32.0. The van der Waals surface area contributed by atoms with Crippen molar-refractivity contribution in [3.63, 3.8) is 0 Å². The number of nitrogens with zero attached hydrogens (tertiary/aromatic N) is 3. The van der Waals surface area contributed by atoms with E-state index in [0.717, 1.165) is 16.7 Å². The average molecular weight is 1910 g/mol. The molecule has 0 spiro atoms. The van der Waals surface area contributed by atoms with Gasteiger partial charge in [0.05, 0.1) is 69.0 Å². The summed E-state index contributed by atoms with van der Waals surface area (Å²) in [5.41, 5.74) is 28.0. The number of carboxylic acids is 4. The number of carbonyl (C=O) groups is 20. The fraction of sp³-hybridized carbons (Fsp3) is 0.551. The molecule has 55 nitrogen and oxygen atoms in total. The Labute approximate surface area is 770 Å². The summed E-state index contributed by atoms with van der Waals surface area (Å²) >= 11 is 1.15. The first-order chi connectivity index (χ1) is 63.4. The smallest absolute Gasteiger partial charge is 0.326 e. The summed E-state index contributed by atoms with van der Waals surface area (Å²) in [5.74, 6) is -26.2.